The number of hydrogen-bond donors (Lipinski definition) is 2. The molecule has 5 aromatic carbocycles. The lowest BCUT2D eigenvalue weighted by Gasteiger charge is -2.26. The first-order valence-corrected chi connectivity index (χ1v) is 26.2. The molecular formula is C62H43N3O4S4. The number of anilines is 3. The molecule has 7 nitrogen and oxygen atoms in total. The normalized spacial score (nSPS) is 12.0. The monoisotopic (exact) mass is 1020 g/mol. The zero-order valence-electron chi connectivity index (χ0n) is 39.4. The van der Waals surface area contributed by atoms with Gasteiger partial charge >= 0.3 is 11.9 Å². The summed E-state index contributed by atoms with van der Waals surface area (Å²) >= 11 is 6.19. The van der Waals surface area contributed by atoms with Gasteiger partial charge in [0.1, 0.15) is 11.6 Å². The molecule has 0 bridgehead atoms. The van der Waals surface area contributed by atoms with E-state index in [1.807, 2.05) is 30.3 Å². The van der Waals surface area contributed by atoms with Crippen LogP contribution < -0.4 is 4.90 Å². The first-order valence-electron chi connectivity index (χ1n) is 22.9. The van der Waals surface area contributed by atoms with Gasteiger partial charge in [-0.15, -0.1) is 45.3 Å². The molecule has 11 heteroatoms. The highest BCUT2D eigenvalue weighted by atomic mass is 32.1. The molecule has 0 saturated heterocycles. The summed E-state index contributed by atoms with van der Waals surface area (Å²) in [5, 5.41) is 27.7. The fraction of sp³-hybridized carbons (Fsp3) is 0.0323. The van der Waals surface area contributed by atoms with E-state index in [1.54, 1.807) is 28.7 Å². The summed E-state index contributed by atoms with van der Waals surface area (Å²) in [5.41, 5.74) is 11.6. The van der Waals surface area contributed by atoms with Crippen LogP contribution in [0, 0.1) is 31.8 Å². The molecule has 0 aliphatic rings. The second-order valence-electron chi connectivity index (χ2n) is 16.7. The number of nitriles is 1. The van der Waals surface area contributed by atoms with E-state index in [2.05, 4.69) is 193 Å². The summed E-state index contributed by atoms with van der Waals surface area (Å²) in [7, 11) is 0. The van der Waals surface area contributed by atoms with Gasteiger partial charge in [-0.2, -0.15) is 5.26 Å². The zero-order chi connectivity index (χ0) is 50.8. The summed E-state index contributed by atoms with van der Waals surface area (Å²) in [5.74, 6) is -2.47. The largest absolute Gasteiger partial charge is 0.486 e. The highest BCUT2D eigenvalue weighted by Crippen LogP contribution is 2.39. The fourth-order valence-electron chi connectivity index (χ4n) is 7.86. The van der Waals surface area contributed by atoms with Gasteiger partial charge in [-0.3, -0.25) is 4.79 Å². The number of carboxylic acid groups (broad SMARTS) is 2. The van der Waals surface area contributed by atoms with Gasteiger partial charge in [0, 0.05) is 56.1 Å². The van der Waals surface area contributed by atoms with Crippen LogP contribution in [-0.4, -0.2) is 22.2 Å². The SMILES string of the molecule is [C-]#[N+]/C(=C\c1ccc(-c2ccc(/C=C/c3ccc(N(c4ccc(/C=C/c5ccc(-c6ccc(/C=C(\C#N)C(=O)O)s6)s5)cc4)c4ccc(/C=C(\c5ccccc5)c5ccc(C)c(C)c5)cc4)cc3)s2)s1)C(=O)O. The van der Waals surface area contributed by atoms with Crippen molar-refractivity contribution in [1.29, 1.82) is 5.26 Å². The van der Waals surface area contributed by atoms with E-state index in [-0.39, 0.29) is 11.3 Å². The Bertz CT molecular complexity index is 3550. The maximum Gasteiger partial charge on any atom is 0.346 e. The van der Waals surface area contributed by atoms with Gasteiger partial charge in [-0.1, -0.05) is 97.1 Å². The number of carboxylic acids is 2. The number of thiophene rings is 4. The minimum Gasteiger partial charge on any atom is -0.486 e. The van der Waals surface area contributed by atoms with Crippen molar-refractivity contribution in [3.63, 3.8) is 0 Å². The molecule has 4 aromatic heterocycles. The number of aryl methyl sites for hydroxylation is 2. The van der Waals surface area contributed by atoms with Crippen LogP contribution in [0.2, 0.25) is 0 Å². The molecule has 0 spiro atoms. The molecule has 2 N–H and O–H groups in total. The average molecular weight is 1020 g/mol. The number of aliphatic carboxylic acids is 2. The van der Waals surface area contributed by atoms with Crippen molar-refractivity contribution < 1.29 is 19.8 Å². The lowest BCUT2D eigenvalue weighted by Crippen LogP contribution is -2.09. The van der Waals surface area contributed by atoms with Gasteiger partial charge in [0.15, 0.2) is 0 Å². The van der Waals surface area contributed by atoms with Crippen molar-refractivity contribution in [3.05, 3.63) is 251 Å². The number of rotatable bonds is 16. The molecule has 0 aliphatic carbocycles. The smallest absolute Gasteiger partial charge is 0.346 e. The predicted molar refractivity (Wildman–Crippen MR) is 307 cm³/mol. The van der Waals surface area contributed by atoms with Gasteiger partial charge in [0.2, 0.25) is 0 Å². The van der Waals surface area contributed by atoms with E-state index >= 15 is 0 Å². The molecule has 9 aromatic rings. The third-order valence-corrected chi connectivity index (χ3v) is 16.4. The van der Waals surface area contributed by atoms with Crippen molar-refractivity contribution in [2.75, 3.05) is 4.90 Å². The summed E-state index contributed by atoms with van der Waals surface area (Å²) in [4.78, 5) is 35.8. The molecule has 0 aliphatic heterocycles. The molecule has 354 valence electrons. The summed E-state index contributed by atoms with van der Waals surface area (Å²) in [6.07, 6.45) is 13.5. The van der Waals surface area contributed by atoms with Gasteiger partial charge < -0.3 is 15.1 Å². The Kier molecular flexibility index (Phi) is 15.3. The maximum absolute atomic E-state index is 11.3. The minimum absolute atomic E-state index is 0.293. The molecule has 0 atom stereocenters. The first kappa shape index (κ1) is 49.3. The predicted octanol–water partition coefficient (Wildman–Crippen LogP) is 17.6. The van der Waals surface area contributed by atoms with Gasteiger partial charge in [-0.25, -0.2) is 9.64 Å². The Balaban J connectivity index is 0.977. The Morgan fingerprint density at radius 2 is 0.973 bits per heavy atom. The zero-order valence-corrected chi connectivity index (χ0v) is 42.7. The van der Waals surface area contributed by atoms with Crippen LogP contribution in [0.25, 0.3) is 72.5 Å². The molecule has 4 heterocycles. The topological polar surface area (TPSA) is 106 Å². The van der Waals surface area contributed by atoms with Crippen LogP contribution in [0.4, 0.5) is 17.1 Å². The highest BCUT2D eigenvalue weighted by molar-refractivity contribution is 7.23. The summed E-state index contributed by atoms with van der Waals surface area (Å²) in [6.45, 7) is 11.5. The van der Waals surface area contributed by atoms with E-state index < -0.39 is 11.9 Å². The Labute approximate surface area is 440 Å². The first-order chi connectivity index (χ1) is 35.5. The van der Waals surface area contributed by atoms with E-state index in [0.29, 0.717) is 4.88 Å². The van der Waals surface area contributed by atoms with Crippen LogP contribution >= 0.6 is 45.3 Å². The minimum atomic E-state index is -1.24. The second-order valence-corrected chi connectivity index (χ2v) is 21.2. The van der Waals surface area contributed by atoms with Crippen molar-refractivity contribution >= 4 is 122 Å². The maximum atomic E-state index is 11.3. The van der Waals surface area contributed by atoms with Crippen LogP contribution in [0.5, 0.6) is 0 Å². The van der Waals surface area contributed by atoms with Crippen LogP contribution in [0.1, 0.15) is 58.5 Å². The van der Waals surface area contributed by atoms with Crippen LogP contribution in [0.3, 0.4) is 0 Å². The van der Waals surface area contributed by atoms with Crippen molar-refractivity contribution in [3.8, 4) is 25.6 Å². The number of carbonyl (C=O) groups is 2. The Morgan fingerprint density at radius 3 is 1.42 bits per heavy atom. The molecular weight excluding hydrogens is 979 g/mol. The molecule has 0 radical (unpaired) electrons. The summed E-state index contributed by atoms with van der Waals surface area (Å²) < 4.78 is 0. The van der Waals surface area contributed by atoms with Gasteiger partial charge in [0.05, 0.1) is 6.57 Å². The van der Waals surface area contributed by atoms with E-state index in [9.17, 15) is 25.1 Å². The lowest BCUT2D eigenvalue weighted by atomic mass is 9.93. The van der Waals surface area contributed by atoms with E-state index in [0.717, 1.165) is 79.0 Å². The van der Waals surface area contributed by atoms with Crippen molar-refractivity contribution in [2.45, 2.75) is 13.8 Å². The lowest BCUT2D eigenvalue weighted by molar-refractivity contribution is -0.133. The van der Waals surface area contributed by atoms with Gasteiger partial charge in [-0.05, 0) is 174 Å². The molecule has 0 fully saturated rings. The fourth-order valence-corrected chi connectivity index (χ4v) is 11.8. The quantitative estimate of drug-likeness (QED) is 0.0432. The van der Waals surface area contributed by atoms with Crippen LogP contribution in [0.15, 0.2) is 181 Å². The summed E-state index contributed by atoms with van der Waals surface area (Å²) in [6, 6.07) is 60.5. The van der Waals surface area contributed by atoms with Gasteiger partial charge in [0.25, 0.3) is 5.70 Å². The molecule has 73 heavy (non-hydrogen) atoms. The standard InChI is InChI=1S/C62H43N3O4S4/c1-40-9-18-46(35-41(40)2)55(45-7-5-4-6-8-45)36-44-14-23-50(24-15-44)65(48-19-10-42(11-20-48)16-25-51-27-31-57(70-51)59-33-29-53(72-59)37-47(39-63)61(66)67)49-21-12-43(13-22-49)17-26-52-28-32-58(71-52)60-34-30-54(73-60)38-56(64-3)62(68)69/h4-38H,1-2H3,(H,66,67)(H,68,69)/b25-16+,26-17+,47-37+,55-36+,56-38-. The number of nitrogens with zero attached hydrogens (tertiary/aromatic N) is 3. The second kappa shape index (κ2) is 22.6. The van der Waals surface area contributed by atoms with Crippen LogP contribution in [-0.2, 0) is 9.59 Å². The average Bonchev–Trinajstić information content (AvgIpc) is 4.26. The molecule has 9 rings (SSSR count). The molecule has 0 unspecified atom stereocenters. The van der Waals surface area contributed by atoms with E-state index in [1.165, 1.54) is 51.5 Å². The third-order valence-electron chi connectivity index (χ3n) is 11.8. The number of benzene rings is 5. The Hall–Kier alpha value is -8.68. The molecule has 0 saturated carbocycles. The van der Waals surface area contributed by atoms with Crippen molar-refractivity contribution in [2.24, 2.45) is 0 Å². The molecule has 0 amide bonds. The highest BCUT2D eigenvalue weighted by Gasteiger charge is 2.15. The number of hydrogen-bond acceptors (Lipinski definition) is 8. The third kappa shape index (κ3) is 12.1. The van der Waals surface area contributed by atoms with Crippen molar-refractivity contribution in [1.82, 2.24) is 0 Å². The van der Waals surface area contributed by atoms with E-state index in [4.69, 9.17) is 6.57 Å². The Morgan fingerprint density at radius 1 is 0.507 bits per heavy atom.